The summed E-state index contributed by atoms with van der Waals surface area (Å²) in [4.78, 5) is 48.2. The second-order valence-electron chi connectivity index (χ2n) is 6.33. The average Bonchev–Trinajstić information content (AvgIpc) is 2.76. The first kappa shape index (κ1) is 19.7. The van der Waals surface area contributed by atoms with Crippen LogP contribution >= 0.6 is 11.6 Å². The quantitative estimate of drug-likeness (QED) is 0.554. The number of halogens is 1. The third-order valence-corrected chi connectivity index (χ3v) is 3.95. The van der Waals surface area contributed by atoms with Crippen molar-refractivity contribution in [3.63, 3.8) is 0 Å². The molecule has 1 aromatic carbocycles. The third kappa shape index (κ3) is 5.19. The monoisotopic (exact) mass is 381 g/mol. The summed E-state index contributed by atoms with van der Waals surface area (Å²) in [5.74, 6) is -1.39. The fourth-order valence-corrected chi connectivity index (χ4v) is 2.48. The fourth-order valence-electron chi connectivity index (χ4n) is 2.35. The summed E-state index contributed by atoms with van der Waals surface area (Å²) in [6, 6.07) is 6.03. The van der Waals surface area contributed by atoms with Gasteiger partial charge in [0, 0.05) is 23.7 Å². The maximum absolute atomic E-state index is 12.0. The average molecular weight is 382 g/mol. The first-order valence-electron chi connectivity index (χ1n) is 8.04. The molecule has 140 valence electrons. The minimum atomic E-state index is -0.933. The van der Waals surface area contributed by atoms with Crippen molar-refractivity contribution >= 4 is 41.1 Å². The summed E-state index contributed by atoms with van der Waals surface area (Å²) in [6.07, 6.45) is 0.249. The van der Waals surface area contributed by atoms with Crippen molar-refractivity contribution in [2.24, 2.45) is 0 Å². The van der Waals surface area contributed by atoms with Crippen molar-refractivity contribution in [2.75, 3.05) is 18.5 Å². The molecule has 8 nitrogen and oxygen atoms in total. The number of urea groups is 1. The Morgan fingerprint density at radius 3 is 2.46 bits per heavy atom. The van der Waals surface area contributed by atoms with Crippen LogP contribution in [-0.4, -0.2) is 47.4 Å². The Bertz CT molecular complexity index is 718. The molecule has 0 atom stereocenters. The normalized spacial score (nSPS) is 15.6. The van der Waals surface area contributed by atoms with Gasteiger partial charge in [-0.15, -0.1) is 0 Å². The van der Waals surface area contributed by atoms with Gasteiger partial charge >= 0.3 is 12.0 Å². The van der Waals surface area contributed by atoms with E-state index in [1.54, 1.807) is 38.1 Å². The summed E-state index contributed by atoms with van der Waals surface area (Å²) in [5.41, 5.74) is -0.395. The van der Waals surface area contributed by atoms with E-state index >= 15 is 0 Å². The molecule has 1 aliphatic heterocycles. The van der Waals surface area contributed by atoms with Gasteiger partial charge in [-0.1, -0.05) is 11.6 Å². The van der Waals surface area contributed by atoms with E-state index in [-0.39, 0.29) is 25.3 Å². The van der Waals surface area contributed by atoms with Crippen LogP contribution in [0.3, 0.4) is 0 Å². The van der Waals surface area contributed by atoms with E-state index in [4.69, 9.17) is 16.3 Å². The number of esters is 1. The lowest BCUT2D eigenvalue weighted by Gasteiger charge is -2.15. The summed E-state index contributed by atoms with van der Waals surface area (Å²) in [6.45, 7) is 2.92. The number of ether oxygens (including phenoxy) is 1. The molecule has 9 heteroatoms. The van der Waals surface area contributed by atoms with Crippen molar-refractivity contribution in [2.45, 2.75) is 32.2 Å². The van der Waals surface area contributed by atoms with Gasteiger partial charge in [-0.2, -0.15) is 0 Å². The highest BCUT2D eigenvalue weighted by molar-refractivity contribution is 6.30. The minimum Gasteiger partial charge on any atom is -0.456 e. The maximum Gasteiger partial charge on any atom is 0.325 e. The van der Waals surface area contributed by atoms with E-state index in [0.29, 0.717) is 10.7 Å². The molecule has 1 aliphatic rings. The molecule has 0 unspecified atom stereocenters. The first-order chi connectivity index (χ1) is 12.2. The molecular formula is C17H20ClN3O5. The molecule has 1 heterocycles. The van der Waals surface area contributed by atoms with Crippen molar-refractivity contribution in [3.8, 4) is 0 Å². The topological polar surface area (TPSA) is 105 Å². The number of imide groups is 1. The second kappa shape index (κ2) is 8.18. The molecule has 2 rings (SSSR count). The van der Waals surface area contributed by atoms with E-state index in [9.17, 15) is 19.2 Å². The molecule has 4 amide bonds. The predicted molar refractivity (Wildman–Crippen MR) is 94.6 cm³/mol. The zero-order chi connectivity index (χ0) is 19.3. The Balaban J connectivity index is 1.67. The number of nitrogens with one attached hydrogen (secondary N) is 2. The number of hydrogen-bond acceptors (Lipinski definition) is 5. The summed E-state index contributed by atoms with van der Waals surface area (Å²) in [5, 5.41) is 5.67. The largest absolute Gasteiger partial charge is 0.456 e. The minimum absolute atomic E-state index is 0.00822. The van der Waals surface area contributed by atoms with Crippen molar-refractivity contribution in [1.82, 2.24) is 10.2 Å². The van der Waals surface area contributed by atoms with Crippen LogP contribution in [-0.2, 0) is 19.1 Å². The van der Waals surface area contributed by atoms with Gasteiger partial charge in [-0.25, -0.2) is 4.79 Å². The zero-order valence-corrected chi connectivity index (χ0v) is 15.3. The Morgan fingerprint density at radius 2 is 1.88 bits per heavy atom. The Kier molecular flexibility index (Phi) is 6.20. The molecule has 1 saturated heterocycles. The van der Waals surface area contributed by atoms with Gasteiger partial charge in [0.2, 0.25) is 0 Å². The molecule has 1 aromatic rings. The lowest BCUT2D eigenvalue weighted by Crippen LogP contribution is -2.40. The number of hydrogen-bond donors (Lipinski definition) is 2. The van der Waals surface area contributed by atoms with Gasteiger partial charge in [0.15, 0.2) is 6.61 Å². The molecular weight excluding hydrogens is 362 g/mol. The maximum atomic E-state index is 12.0. The molecule has 0 spiro atoms. The van der Waals surface area contributed by atoms with Gasteiger partial charge in [-0.3, -0.25) is 19.3 Å². The Labute approximate surface area is 155 Å². The third-order valence-electron chi connectivity index (χ3n) is 3.70. The lowest BCUT2D eigenvalue weighted by atomic mass is 10.1. The number of nitrogens with zero attached hydrogens (tertiary/aromatic N) is 1. The lowest BCUT2D eigenvalue weighted by molar-refractivity contribution is -0.147. The number of benzene rings is 1. The van der Waals surface area contributed by atoms with Crippen LogP contribution in [0.5, 0.6) is 0 Å². The number of anilines is 1. The first-order valence-corrected chi connectivity index (χ1v) is 8.42. The van der Waals surface area contributed by atoms with E-state index in [1.165, 1.54) is 0 Å². The second-order valence-corrected chi connectivity index (χ2v) is 6.77. The van der Waals surface area contributed by atoms with Crippen molar-refractivity contribution < 1.29 is 23.9 Å². The molecule has 26 heavy (non-hydrogen) atoms. The van der Waals surface area contributed by atoms with Crippen LogP contribution in [0.4, 0.5) is 10.5 Å². The number of carbonyl (C=O) groups is 4. The van der Waals surface area contributed by atoms with Crippen molar-refractivity contribution in [3.05, 3.63) is 29.3 Å². The molecule has 0 saturated carbocycles. The van der Waals surface area contributed by atoms with Crippen LogP contribution in [0.1, 0.15) is 26.7 Å². The van der Waals surface area contributed by atoms with Crippen molar-refractivity contribution in [1.29, 1.82) is 0 Å². The molecule has 0 aliphatic carbocycles. The van der Waals surface area contributed by atoms with Crippen LogP contribution in [0.2, 0.25) is 5.02 Å². The SMILES string of the molecule is CC1(C)NC(=O)N(CCCC(=O)OCC(=O)Nc2ccc(Cl)cc2)C1=O. The van der Waals surface area contributed by atoms with E-state index < -0.39 is 30.1 Å². The van der Waals surface area contributed by atoms with Gasteiger partial charge in [0.05, 0.1) is 0 Å². The molecule has 1 fully saturated rings. The molecule has 0 radical (unpaired) electrons. The summed E-state index contributed by atoms with van der Waals surface area (Å²) < 4.78 is 4.88. The zero-order valence-electron chi connectivity index (χ0n) is 14.5. The highest BCUT2D eigenvalue weighted by Crippen LogP contribution is 2.17. The number of amides is 4. The molecule has 0 aromatic heterocycles. The van der Waals surface area contributed by atoms with Gasteiger partial charge in [-0.05, 0) is 44.5 Å². The van der Waals surface area contributed by atoms with E-state index in [0.717, 1.165) is 4.90 Å². The van der Waals surface area contributed by atoms with Gasteiger partial charge in [0.1, 0.15) is 5.54 Å². The van der Waals surface area contributed by atoms with Crippen LogP contribution in [0.15, 0.2) is 24.3 Å². The molecule has 0 bridgehead atoms. The Hall–Kier alpha value is -2.61. The number of rotatable bonds is 7. The highest BCUT2D eigenvalue weighted by atomic mass is 35.5. The Morgan fingerprint density at radius 1 is 1.23 bits per heavy atom. The summed E-state index contributed by atoms with van der Waals surface area (Å²) in [7, 11) is 0. The van der Waals surface area contributed by atoms with Crippen LogP contribution < -0.4 is 10.6 Å². The van der Waals surface area contributed by atoms with Crippen LogP contribution in [0.25, 0.3) is 0 Å². The van der Waals surface area contributed by atoms with Crippen LogP contribution in [0, 0.1) is 0 Å². The molecule has 2 N–H and O–H groups in total. The van der Waals surface area contributed by atoms with Gasteiger partial charge < -0.3 is 15.4 Å². The highest BCUT2D eigenvalue weighted by Gasteiger charge is 2.43. The number of carbonyl (C=O) groups excluding carboxylic acids is 4. The fraction of sp³-hybridized carbons (Fsp3) is 0.412. The smallest absolute Gasteiger partial charge is 0.325 e. The summed E-state index contributed by atoms with van der Waals surface area (Å²) >= 11 is 5.75. The predicted octanol–water partition coefficient (Wildman–Crippen LogP) is 1.93. The van der Waals surface area contributed by atoms with E-state index in [1.807, 2.05) is 0 Å². The standard InChI is InChI=1S/C17H20ClN3O5/c1-17(2)15(24)21(16(25)20-17)9-3-4-14(23)26-10-13(22)19-12-7-5-11(18)6-8-12/h5-8H,3-4,9-10H2,1-2H3,(H,19,22)(H,20,25). The van der Waals surface area contributed by atoms with Gasteiger partial charge in [0.25, 0.3) is 11.8 Å². The van der Waals surface area contributed by atoms with E-state index in [2.05, 4.69) is 10.6 Å².